The first-order chi connectivity index (χ1) is 8.00. The Morgan fingerprint density at radius 2 is 1.78 bits per heavy atom. The lowest BCUT2D eigenvalue weighted by atomic mass is 10.0. The number of halogens is 3. The number of primary amides is 1. The number of nitrogens with one attached hydrogen (secondary N) is 1. The van der Waals surface area contributed by atoms with Crippen molar-refractivity contribution in [3.63, 3.8) is 0 Å². The molecule has 3 N–H and O–H groups in total. The number of nitrogens with two attached hydrogens (primary N) is 1. The second kappa shape index (κ2) is 4.51. The minimum absolute atomic E-state index is 0.167. The third kappa shape index (κ3) is 3.65. The summed E-state index contributed by atoms with van der Waals surface area (Å²) < 4.78 is 37.6. The van der Waals surface area contributed by atoms with Crippen molar-refractivity contribution in [1.29, 1.82) is 0 Å². The molecule has 0 aliphatic carbocycles. The maximum Gasteiger partial charge on any atom is 0.416 e. The van der Waals surface area contributed by atoms with Gasteiger partial charge in [-0.25, -0.2) is 0 Å². The van der Waals surface area contributed by atoms with Crippen LogP contribution >= 0.6 is 0 Å². The molecule has 1 aromatic carbocycles. The van der Waals surface area contributed by atoms with Gasteiger partial charge in [0.15, 0.2) is 0 Å². The minimum atomic E-state index is -4.50. The minimum Gasteiger partial charge on any atom is -0.380 e. The standard InChI is InChI=1S/C12H15F3N2O/c1-11(2,3)17-9-5-4-7(12(13,14)15)6-8(9)10(16)18/h4-6,17H,1-3H3,(H2,16,18). The first kappa shape index (κ1) is 14.3. The van der Waals surface area contributed by atoms with E-state index in [0.29, 0.717) is 5.69 Å². The SMILES string of the molecule is CC(C)(C)Nc1ccc(C(F)(F)F)cc1C(N)=O. The Balaban J connectivity index is 3.26. The van der Waals surface area contributed by atoms with Crippen LogP contribution in [0.3, 0.4) is 0 Å². The fraction of sp³-hybridized carbons (Fsp3) is 0.417. The molecule has 0 spiro atoms. The van der Waals surface area contributed by atoms with Crippen LogP contribution in [0.4, 0.5) is 18.9 Å². The number of carbonyl (C=O) groups is 1. The Bertz CT molecular complexity index is 461. The number of benzene rings is 1. The number of hydrogen-bond acceptors (Lipinski definition) is 2. The Kier molecular flexibility index (Phi) is 3.59. The molecule has 1 amide bonds. The van der Waals surface area contributed by atoms with Gasteiger partial charge < -0.3 is 11.1 Å². The maximum atomic E-state index is 12.5. The van der Waals surface area contributed by atoms with Crippen LogP contribution in [0.15, 0.2) is 18.2 Å². The summed E-state index contributed by atoms with van der Waals surface area (Å²) in [6, 6.07) is 2.89. The third-order valence-corrected chi connectivity index (χ3v) is 2.12. The van der Waals surface area contributed by atoms with Crippen molar-refractivity contribution in [3.05, 3.63) is 29.3 Å². The van der Waals surface area contributed by atoms with Crippen LogP contribution in [0.1, 0.15) is 36.7 Å². The van der Waals surface area contributed by atoms with Crippen LogP contribution in [0.25, 0.3) is 0 Å². The normalized spacial score (nSPS) is 12.3. The Labute approximate surface area is 103 Å². The van der Waals surface area contributed by atoms with Crippen molar-refractivity contribution in [2.45, 2.75) is 32.5 Å². The quantitative estimate of drug-likeness (QED) is 0.858. The zero-order chi connectivity index (χ0) is 14.1. The first-order valence-electron chi connectivity index (χ1n) is 5.30. The number of alkyl halides is 3. The smallest absolute Gasteiger partial charge is 0.380 e. The van der Waals surface area contributed by atoms with Crippen molar-refractivity contribution >= 4 is 11.6 Å². The molecule has 0 atom stereocenters. The third-order valence-electron chi connectivity index (χ3n) is 2.12. The number of rotatable bonds is 2. The largest absolute Gasteiger partial charge is 0.416 e. The summed E-state index contributed by atoms with van der Waals surface area (Å²) in [7, 11) is 0. The van der Waals surface area contributed by atoms with Gasteiger partial charge in [-0.05, 0) is 39.0 Å². The highest BCUT2D eigenvalue weighted by molar-refractivity contribution is 5.98. The average Bonchev–Trinajstić information content (AvgIpc) is 2.13. The number of hydrogen-bond donors (Lipinski definition) is 2. The first-order valence-corrected chi connectivity index (χ1v) is 5.30. The molecular weight excluding hydrogens is 245 g/mol. The fourth-order valence-electron chi connectivity index (χ4n) is 1.44. The lowest BCUT2D eigenvalue weighted by Crippen LogP contribution is -2.28. The topological polar surface area (TPSA) is 55.1 Å². The molecule has 0 aliphatic heterocycles. The van der Waals surface area contributed by atoms with Crippen molar-refractivity contribution in [1.82, 2.24) is 0 Å². The van der Waals surface area contributed by atoms with E-state index in [1.54, 1.807) is 0 Å². The fourth-order valence-corrected chi connectivity index (χ4v) is 1.44. The van der Waals surface area contributed by atoms with Gasteiger partial charge in [0.1, 0.15) is 0 Å². The second-order valence-corrected chi connectivity index (χ2v) is 5.00. The van der Waals surface area contributed by atoms with E-state index in [9.17, 15) is 18.0 Å². The molecule has 0 fully saturated rings. The lowest BCUT2D eigenvalue weighted by molar-refractivity contribution is -0.137. The van der Waals surface area contributed by atoms with E-state index in [1.165, 1.54) is 6.07 Å². The van der Waals surface area contributed by atoms with E-state index in [4.69, 9.17) is 5.73 Å². The monoisotopic (exact) mass is 260 g/mol. The van der Waals surface area contributed by atoms with Crippen LogP contribution in [0, 0.1) is 0 Å². The van der Waals surface area contributed by atoms with E-state index >= 15 is 0 Å². The molecule has 0 unspecified atom stereocenters. The Morgan fingerprint density at radius 3 is 2.17 bits per heavy atom. The molecule has 0 aliphatic rings. The number of anilines is 1. The summed E-state index contributed by atoms with van der Waals surface area (Å²) in [4.78, 5) is 11.2. The molecule has 1 aromatic rings. The van der Waals surface area contributed by atoms with E-state index in [-0.39, 0.29) is 11.1 Å². The number of carbonyl (C=O) groups excluding carboxylic acids is 1. The number of amides is 1. The Hall–Kier alpha value is -1.72. The molecular formula is C12H15F3N2O. The highest BCUT2D eigenvalue weighted by atomic mass is 19.4. The molecule has 3 nitrogen and oxygen atoms in total. The summed E-state index contributed by atoms with van der Waals surface area (Å²) >= 11 is 0. The molecule has 6 heteroatoms. The van der Waals surface area contributed by atoms with Gasteiger partial charge in [-0.2, -0.15) is 13.2 Å². The van der Waals surface area contributed by atoms with Gasteiger partial charge in [0.25, 0.3) is 5.91 Å². The van der Waals surface area contributed by atoms with Gasteiger partial charge in [0, 0.05) is 11.2 Å². The van der Waals surface area contributed by atoms with E-state index < -0.39 is 17.6 Å². The molecule has 18 heavy (non-hydrogen) atoms. The molecule has 0 aromatic heterocycles. The van der Waals surface area contributed by atoms with Crippen LogP contribution in [0.2, 0.25) is 0 Å². The predicted octanol–water partition coefficient (Wildman–Crippen LogP) is 3.01. The zero-order valence-corrected chi connectivity index (χ0v) is 10.4. The van der Waals surface area contributed by atoms with Gasteiger partial charge in [0.05, 0.1) is 11.1 Å². The van der Waals surface area contributed by atoms with Gasteiger partial charge >= 0.3 is 6.18 Å². The molecule has 0 radical (unpaired) electrons. The van der Waals surface area contributed by atoms with E-state index in [2.05, 4.69) is 5.32 Å². The van der Waals surface area contributed by atoms with Gasteiger partial charge in [-0.15, -0.1) is 0 Å². The molecule has 0 saturated carbocycles. The summed E-state index contributed by atoms with van der Waals surface area (Å²) in [5.74, 6) is -0.896. The summed E-state index contributed by atoms with van der Waals surface area (Å²) in [5.41, 5.74) is 3.95. The molecule has 0 heterocycles. The zero-order valence-electron chi connectivity index (χ0n) is 10.4. The molecule has 1 rings (SSSR count). The van der Waals surface area contributed by atoms with Crippen molar-refractivity contribution in [2.75, 3.05) is 5.32 Å². The van der Waals surface area contributed by atoms with Crippen molar-refractivity contribution in [3.8, 4) is 0 Å². The Morgan fingerprint density at radius 1 is 1.22 bits per heavy atom. The van der Waals surface area contributed by atoms with Gasteiger partial charge in [0.2, 0.25) is 0 Å². The van der Waals surface area contributed by atoms with Crippen LogP contribution < -0.4 is 11.1 Å². The van der Waals surface area contributed by atoms with E-state index in [0.717, 1.165) is 12.1 Å². The maximum absolute atomic E-state index is 12.5. The highest BCUT2D eigenvalue weighted by Crippen LogP contribution is 2.32. The van der Waals surface area contributed by atoms with Gasteiger partial charge in [-0.3, -0.25) is 4.79 Å². The summed E-state index contributed by atoms with van der Waals surface area (Å²) in [5, 5.41) is 2.94. The molecule has 0 bridgehead atoms. The summed E-state index contributed by atoms with van der Waals surface area (Å²) in [6.45, 7) is 5.49. The average molecular weight is 260 g/mol. The van der Waals surface area contributed by atoms with Crippen LogP contribution in [-0.4, -0.2) is 11.4 Å². The van der Waals surface area contributed by atoms with E-state index in [1.807, 2.05) is 20.8 Å². The van der Waals surface area contributed by atoms with Crippen molar-refractivity contribution < 1.29 is 18.0 Å². The van der Waals surface area contributed by atoms with Gasteiger partial charge in [-0.1, -0.05) is 0 Å². The summed E-state index contributed by atoms with van der Waals surface area (Å²) in [6.07, 6.45) is -4.50. The molecule has 0 saturated heterocycles. The second-order valence-electron chi connectivity index (χ2n) is 5.00. The lowest BCUT2D eigenvalue weighted by Gasteiger charge is -2.24. The predicted molar refractivity (Wildman–Crippen MR) is 63.3 cm³/mol. The van der Waals surface area contributed by atoms with Crippen LogP contribution in [0.5, 0.6) is 0 Å². The van der Waals surface area contributed by atoms with Crippen molar-refractivity contribution in [2.24, 2.45) is 5.73 Å². The molecule has 100 valence electrons. The van der Waals surface area contributed by atoms with Crippen LogP contribution in [-0.2, 0) is 6.18 Å². The highest BCUT2D eigenvalue weighted by Gasteiger charge is 2.31.